The van der Waals surface area contributed by atoms with E-state index in [4.69, 9.17) is 4.74 Å². The van der Waals surface area contributed by atoms with Gasteiger partial charge in [-0.15, -0.1) is 10.2 Å². The number of carbonyl (C=O) groups is 1. The SMILES string of the molecule is COc1cc(-c2nnc(SCC(C)=O)[nH]2)cc(F)c1O. The van der Waals surface area contributed by atoms with Crippen molar-refractivity contribution in [1.82, 2.24) is 15.2 Å². The zero-order valence-electron chi connectivity index (χ0n) is 10.8. The number of benzene rings is 1. The van der Waals surface area contributed by atoms with Crippen LogP contribution in [0.15, 0.2) is 17.3 Å². The molecule has 0 saturated carbocycles. The lowest BCUT2D eigenvalue weighted by Crippen LogP contribution is -1.93. The third-order valence-electron chi connectivity index (χ3n) is 2.40. The lowest BCUT2D eigenvalue weighted by molar-refractivity contribution is -0.114. The standard InChI is InChI=1S/C12H12FN3O3S/c1-6(17)5-20-12-14-11(15-16-12)7-3-8(13)10(18)9(4-7)19-2/h3-4,18H,5H2,1-2H3,(H,14,15,16). The van der Waals surface area contributed by atoms with Crippen molar-refractivity contribution >= 4 is 17.5 Å². The Morgan fingerprint density at radius 2 is 2.25 bits per heavy atom. The molecule has 0 aliphatic rings. The highest BCUT2D eigenvalue weighted by molar-refractivity contribution is 7.99. The van der Waals surface area contributed by atoms with Crippen LogP contribution in [0.2, 0.25) is 0 Å². The number of nitrogens with zero attached hydrogens (tertiary/aromatic N) is 2. The highest BCUT2D eigenvalue weighted by atomic mass is 32.2. The predicted molar refractivity (Wildman–Crippen MR) is 71.4 cm³/mol. The molecule has 2 N–H and O–H groups in total. The van der Waals surface area contributed by atoms with E-state index in [2.05, 4.69) is 15.2 Å². The minimum absolute atomic E-state index is 0.00865. The average molecular weight is 297 g/mol. The Morgan fingerprint density at radius 1 is 1.50 bits per heavy atom. The molecule has 0 radical (unpaired) electrons. The summed E-state index contributed by atoms with van der Waals surface area (Å²) in [6.07, 6.45) is 0. The van der Waals surface area contributed by atoms with Crippen LogP contribution in [0.4, 0.5) is 4.39 Å². The highest BCUT2D eigenvalue weighted by Crippen LogP contribution is 2.33. The fourth-order valence-electron chi connectivity index (χ4n) is 1.48. The molecule has 0 fully saturated rings. The summed E-state index contributed by atoms with van der Waals surface area (Å²) < 4.78 is 18.4. The number of nitrogens with one attached hydrogen (secondary N) is 1. The number of H-pyrrole nitrogens is 1. The molecule has 0 atom stereocenters. The molecular weight excluding hydrogens is 285 g/mol. The number of ether oxygens (including phenoxy) is 1. The van der Waals surface area contributed by atoms with Crippen LogP contribution >= 0.6 is 11.8 Å². The van der Waals surface area contributed by atoms with E-state index in [9.17, 15) is 14.3 Å². The zero-order chi connectivity index (χ0) is 14.7. The molecule has 0 saturated heterocycles. The van der Waals surface area contributed by atoms with Gasteiger partial charge in [-0.25, -0.2) is 4.39 Å². The Bertz CT molecular complexity index is 645. The van der Waals surface area contributed by atoms with E-state index in [1.54, 1.807) is 0 Å². The molecule has 1 heterocycles. The molecule has 0 aliphatic carbocycles. The van der Waals surface area contributed by atoms with Gasteiger partial charge in [0.25, 0.3) is 0 Å². The normalized spacial score (nSPS) is 10.6. The number of aromatic hydroxyl groups is 1. The number of Topliss-reactive ketones (excluding diaryl/α,β-unsaturated/α-hetero) is 1. The minimum atomic E-state index is -0.811. The molecule has 2 rings (SSSR count). The second kappa shape index (κ2) is 5.91. The van der Waals surface area contributed by atoms with E-state index in [1.807, 2.05) is 0 Å². The Balaban J connectivity index is 2.28. The summed E-state index contributed by atoms with van der Waals surface area (Å²) in [4.78, 5) is 13.8. The number of ketones is 1. The number of aromatic nitrogens is 3. The van der Waals surface area contributed by atoms with E-state index in [1.165, 1.54) is 31.9 Å². The van der Waals surface area contributed by atoms with Crippen LogP contribution in [0, 0.1) is 5.82 Å². The smallest absolute Gasteiger partial charge is 0.194 e. The second-order valence-electron chi connectivity index (χ2n) is 3.98. The lowest BCUT2D eigenvalue weighted by atomic mass is 10.2. The molecule has 0 aliphatic heterocycles. The van der Waals surface area contributed by atoms with Gasteiger partial charge in [-0.1, -0.05) is 11.8 Å². The van der Waals surface area contributed by atoms with Gasteiger partial charge >= 0.3 is 0 Å². The van der Waals surface area contributed by atoms with Gasteiger partial charge in [0.15, 0.2) is 28.3 Å². The summed E-state index contributed by atoms with van der Waals surface area (Å²) in [6.45, 7) is 1.48. The van der Waals surface area contributed by atoms with Gasteiger partial charge < -0.3 is 14.8 Å². The summed E-state index contributed by atoms with van der Waals surface area (Å²) in [5.41, 5.74) is 0.388. The maximum absolute atomic E-state index is 13.5. The number of rotatable bonds is 5. The monoisotopic (exact) mass is 297 g/mol. The molecule has 20 heavy (non-hydrogen) atoms. The van der Waals surface area contributed by atoms with Crippen LogP contribution in [-0.2, 0) is 4.79 Å². The summed E-state index contributed by atoms with van der Waals surface area (Å²) in [5.74, 6) is -0.731. The Kier molecular flexibility index (Phi) is 4.23. The quantitative estimate of drug-likeness (QED) is 0.821. The van der Waals surface area contributed by atoms with Crippen LogP contribution < -0.4 is 4.74 Å². The fourth-order valence-corrected chi connectivity index (χ4v) is 2.09. The molecule has 0 bridgehead atoms. The minimum Gasteiger partial charge on any atom is -0.502 e. The van der Waals surface area contributed by atoms with Gasteiger partial charge in [-0.05, 0) is 19.1 Å². The Hall–Kier alpha value is -2.09. The number of phenols is 1. The molecule has 1 aromatic carbocycles. The van der Waals surface area contributed by atoms with Crippen LogP contribution in [0.3, 0.4) is 0 Å². The molecule has 106 valence electrons. The summed E-state index contributed by atoms with van der Waals surface area (Å²) >= 11 is 1.21. The summed E-state index contributed by atoms with van der Waals surface area (Å²) in [6, 6.07) is 2.57. The van der Waals surface area contributed by atoms with Crippen LogP contribution in [0.5, 0.6) is 11.5 Å². The first-order valence-electron chi connectivity index (χ1n) is 5.63. The van der Waals surface area contributed by atoms with E-state index < -0.39 is 11.6 Å². The van der Waals surface area contributed by atoms with Crippen molar-refractivity contribution in [3.05, 3.63) is 17.9 Å². The molecule has 0 amide bonds. The van der Waals surface area contributed by atoms with Gasteiger partial charge in [0, 0.05) is 5.56 Å². The van der Waals surface area contributed by atoms with Crippen molar-refractivity contribution in [2.45, 2.75) is 12.1 Å². The van der Waals surface area contributed by atoms with E-state index in [0.717, 1.165) is 6.07 Å². The maximum Gasteiger partial charge on any atom is 0.194 e. The Morgan fingerprint density at radius 3 is 2.90 bits per heavy atom. The average Bonchev–Trinajstić information content (AvgIpc) is 2.88. The first-order valence-corrected chi connectivity index (χ1v) is 6.61. The van der Waals surface area contributed by atoms with Crippen molar-refractivity contribution in [2.75, 3.05) is 12.9 Å². The number of halogens is 1. The number of aromatic amines is 1. The number of carbonyl (C=O) groups excluding carboxylic acids is 1. The first kappa shape index (κ1) is 14.3. The maximum atomic E-state index is 13.5. The largest absolute Gasteiger partial charge is 0.502 e. The molecule has 8 heteroatoms. The third-order valence-corrected chi connectivity index (χ3v) is 3.41. The lowest BCUT2D eigenvalue weighted by Gasteiger charge is -2.05. The fraction of sp³-hybridized carbons (Fsp3) is 0.250. The first-order chi connectivity index (χ1) is 9.51. The van der Waals surface area contributed by atoms with Crippen molar-refractivity contribution in [2.24, 2.45) is 0 Å². The number of hydrogen-bond donors (Lipinski definition) is 2. The number of thioether (sulfide) groups is 1. The number of hydrogen-bond acceptors (Lipinski definition) is 6. The van der Waals surface area contributed by atoms with Crippen LogP contribution in [0.1, 0.15) is 6.92 Å². The molecule has 0 spiro atoms. The predicted octanol–water partition coefficient (Wildman–Crippen LogP) is 2.01. The number of methoxy groups -OCH3 is 1. The molecule has 0 unspecified atom stereocenters. The zero-order valence-corrected chi connectivity index (χ0v) is 11.6. The van der Waals surface area contributed by atoms with Crippen LogP contribution in [0.25, 0.3) is 11.4 Å². The second-order valence-corrected chi connectivity index (χ2v) is 4.94. The Labute approximate surface area is 118 Å². The third kappa shape index (κ3) is 3.08. The van der Waals surface area contributed by atoms with Gasteiger partial charge in [0.1, 0.15) is 5.78 Å². The molecule has 1 aromatic heterocycles. The summed E-state index contributed by atoms with van der Waals surface area (Å²) in [5, 5.41) is 17.6. The summed E-state index contributed by atoms with van der Waals surface area (Å²) in [7, 11) is 1.33. The van der Waals surface area contributed by atoms with Gasteiger partial charge in [0.05, 0.1) is 12.9 Å². The van der Waals surface area contributed by atoms with E-state index in [-0.39, 0.29) is 17.3 Å². The van der Waals surface area contributed by atoms with Gasteiger partial charge in [-0.2, -0.15) is 0 Å². The van der Waals surface area contributed by atoms with Gasteiger partial charge in [-0.3, -0.25) is 4.79 Å². The van der Waals surface area contributed by atoms with E-state index in [0.29, 0.717) is 16.5 Å². The van der Waals surface area contributed by atoms with Crippen molar-refractivity contribution in [3.63, 3.8) is 0 Å². The van der Waals surface area contributed by atoms with E-state index >= 15 is 0 Å². The van der Waals surface area contributed by atoms with Crippen LogP contribution in [-0.4, -0.2) is 38.9 Å². The topological polar surface area (TPSA) is 88.1 Å². The molecular formula is C12H12FN3O3S. The van der Waals surface area contributed by atoms with Crippen molar-refractivity contribution in [1.29, 1.82) is 0 Å². The van der Waals surface area contributed by atoms with Crippen molar-refractivity contribution in [3.8, 4) is 22.9 Å². The number of phenolic OH excluding ortho intramolecular Hbond substituents is 1. The highest BCUT2D eigenvalue weighted by Gasteiger charge is 2.14. The van der Waals surface area contributed by atoms with Crippen molar-refractivity contribution < 1.29 is 19.0 Å². The van der Waals surface area contributed by atoms with Gasteiger partial charge in [0.2, 0.25) is 0 Å². The molecule has 6 nitrogen and oxygen atoms in total. The molecule has 2 aromatic rings.